The van der Waals surface area contributed by atoms with Gasteiger partial charge in [-0.3, -0.25) is 0 Å². The normalized spacial score (nSPS) is 23.3. The number of benzene rings is 1. The van der Waals surface area contributed by atoms with Crippen LogP contribution in [0.25, 0.3) is 11.0 Å². The molecule has 2 unspecified atom stereocenters. The topological polar surface area (TPSA) is 53.1 Å². The molecule has 0 aliphatic heterocycles. The highest BCUT2D eigenvalue weighted by molar-refractivity contribution is 5.79. The van der Waals surface area contributed by atoms with Crippen LogP contribution in [0.15, 0.2) is 12.1 Å². The van der Waals surface area contributed by atoms with E-state index in [0.717, 1.165) is 25.3 Å². The van der Waals surface area contributed by atoms with Crippen LogP contribution in [0.3, 0.4) is 0 Å². The molecule has 1 aromatic heterocycles. The Kier molecular flexibility index (Phi) is 2.89. The highest BCUT2D eigenvalue weighted by atomic mass is 19.1. The number of rotatable bonds is 2. The van der Waals surface area contributed by atoms with Gasteiger partial charge in [-0.25, -0.2) is 13.8 Å². The van der Waals surface area contributed by atoms with Gasteiger partial charge in [0.2, 0.25) is 5.95 Å². The van der Waals surface area contributed by atoms with Crippen molar-refractivity contribution in [2.75, 3.05) is 12.8 Å². The number of anilines is 1. The maximum absolute atomic E-state index is 13.7. The largest absolute Gasteiger partial charge is 0.379 e. The minimum atomic E-state index is -0.688. The molecule has 0 spiro atoms. The monoisotopic (exact) mass is 267 g/mol. The molecule has 0 radical (unpaired) electrons. The third-order valence-electron chi connectivity index (χ3n) is 3.79. The van der Waals surface area contributed by atoms with Crippen LogP contribution in [0.2, 0.25) is 0 Å². The van der Waals surface area contributed by atoms with Crippen molar-refractivity contribution in [3.8, 4) is 0 Å². The van der Waals surface area contributed by atoms with E-state index in [1.165, 1.54) is 6.07 Å². The number of aromatic nitrogens is 2. The first kappa shape index (κ1) is 12.3. The van der Waals surface area contributed by atoms with Gasteiger partial charge in [0, 0.05) is 19.2 Å². The van der Waals surface area contributed by atoms with Gasteiger partial charge >= 0.3 is 0 Å². The van der Waals surface area contributed by atoms with E-state index in [0.29, 0.717) is 5.52 Å². The molecule has 19 heavy (non-hydrogen) atoms. The van der Waals surface area contributed by atoms with E-state index in [9.17, 15) is 8.78 Å². The second kappa shape index (κ2) is 4.45. The van der Waals surface area contributed by atoms with Crippen LogP contribution in [0, 0.1) is 11.6 Å². The molecule has 1 fully saturated rings. The number of nitrogens with two attached hydrogens (primary N) is 1. The summed E-state index contributed by atoms with van der Waals surface area (Å²) in [7, 11) is 1.64. The fourth-order valence-electron chi connectivity index (χ4n) is 2.96. The number of imidazole rings is 1. The average Bonchev–Trinajstić information content (AvgIpc) is 2.92. The van der Waals surface area contributed by atoms with Crippen LogP contribution in [0.5, 0.6) is 0 Å². The summed E-state index contributed by atoms with van der Waals surface area (Å²) in [6, 6.07) is 2.07. The molecule has 2 aromatic rings. The highest BCUT2D eigenvalue weighted by Crippen LogP contribution is 2.37. The Balaban J connectivity index is 2.20. The third kappa shape index (κ3) is 1.87. The number of fused-ring (bicyclic) bond motifs is 1. The van der Waals surface area contributed by atoms with Crippen LogP contribution in [0.4, 0.5) is 14.7 Å². The van der Waals surface area contributed by atoms with Gasteiger partial charge in [-0.1, -0.05) is 0 Å². The summed E-state index contributed by atoms with van der Waals surface area (Å²) in [4.78, 5) is 4.01. The van der Waals surface area contributed by atoms with Gasteiger partial charge in [0.05, 0.1) is 17.7 Å². The number of methoxy groups -OCH3 is 1. The van der Waals surface area contributed by atoms with Crippen LogP contribution >= 0.6 is 0 Å². The second-order valence-corrected chi connectivity index (χ2v) is 4.87. The van der Waals surface area contributed by atoms with E-state index in [1.54, 1.807) is 11.7 Å². The summed E-state index contributed by atoms with van der Waals surface area (Å²) < 4.78 is 34.2. The predicted molar refractivity (Wildman–Crippen MR) is 67.7 cm³/mol. The number of nitrogens with zero attached hydrogens (tertiary/aromatic N) is 2. The second-order valence-electron chi connectivity index (χ2n) is 4.87. The fourth-order valence-corrected chi connectivity index (χ4v) is 2.96. The number of nitrogen functional groups attached to an aromatic ring is 1. The lowest BCUT2D eigenvalue weighted by Gasteiger charge is -2.21. The molecule has 4 nitrogen and oxygen atoms in total. The molecule has 0 saturated heterocycles. The zero-order valence-electron chi connectivity index (χ0n) is 10.6. The van der Waals surface area contributed by atoms with Gasteiger partial charge in [-0.05, 0) is 19.3 Å². The summed E-state index contributed by atoms with van der Waals surface area (Å²) >= 11 is 0. The van der Waals surface area contributed by atoms with Gasteiger partial charge < -0.3 is 15.0 Å². The number of ether oxygens (including phenoxy) is 1. The molecule has 3 rings (SSSR count). The maximum atomic E-state index is 13.7. The van der Waals surface area contributed by atoms with Crippen molar-refractivity contribution in [3.63, 3.8) is 0 Å². The first-order valence-corrected chi connectivity index (χ1v) is 6.27. The average molecular weight is 267 g/mol. The summed E-state index contributed by atoms with van der Waals surface area (Å²) in [6.45, 7) is 0. The van der Waals surface area contributed by atoms with Gasteiger partial charge in [0.15, 0.2) is 5.82 Å². The van der Waals surface area contributed by atoms with Gasteiger partial charge in [-0.2, -0.15) is 0 Å². The minimum absolute atomic E-state index is 0.00558. The Bertz CT molecular complexity index is 626. The molecule has 0 bridgehead atoms. The molecule has 1 heterocycles. The number of hydrogen-bond donors (Lipinski definition) is 1. The summed E-state index contributed by atoms with van der Waals surface area (Å²) in [6.07, 6.45) is 2.79. The van der Waals surface area contributed by atoms with E-state index in [1.807, 2.05) is 0 Å². The zero-order chi connectivity index (χ0) is 13.6. The Morgan fingerprint density at radius 1 is 1.37 bits per heavy atom. The molecular formula is C13H15F2N3O. The van der Waals surface area contributed by atoms with E-state index in [2.05, 4.69) is 4.98 Å². The number of hydrogen-bond acceptors (Lipinski definition) is 3. The maximum Gasteiger partial charge on any atom is 0.201 e. The lowest BCUT2D eigenvalue weighted by molar-refractivity contribution is 0.0768. The van der Waals surface area contributed by atoms with E-state index >= 15 is 0 Å². The SMILES string of the molecule is COC1CCCC1n1c(N)nc2c(F)cc(F)cc21. The molecule has 1 aromatic carbocycles. The summed E-state index contributed by atoms with van der Waals surface area (Å²) in [5.41, 5.74) is 6.38. The Labute approximate surface area is 109 Å². The lowest BCUT2D eigenvalue weighted by atomic mass is 10.2. The highest BCUT2D eigenvalue weighted by Gasteiger charge is 2.31. The molecule has 1 saturated carbocycles. The molecule has 2 atom stereocenters. The minimum Gasteiger partial charge on any atom is -0.379 e. The molecular weight excluding hydrogens is 252 g/mol. The van der Waals surface area contributed by atoms with Crippen molar-refractivity contribution in [2.45, 2.75) is 31.4 Å². The van der Waals surface area contributed by atoms with Crippen LogP contribution < -0.4 is 5.73 Å². The standard InChI is InChI=1S/C13H15F2N3O/c1-19-11-4-2-3-9(11)18-10-6-7(14)5-8(15)12(10)17-13(18)16/h5-6,9,11H,2-4H2,1H3,(H2,16,17). The first-order chi connectivity index (χ1) is 9.11. The molecule has 1 aliphatic rings. The zero-order valence-corrected chi connectivity index (χ0v) is 10.6. The van der Waals surface area contributed by atoms with Crippen LogP contribution in [-0.2, 0) is 4.74 Å². The van der Waals surface area contributed by atoms with E-state index in [4.69, 9.17) is 10.5 Å². The van der Waals surface area contributed by atoms with Gasteiger partial charge in [-0.15, -0.1) is 0 Å². The summed E-state index contributed by atoms with van der Waals surface area (Å²) in [5, 5.41) is 0. The predicted octanol–water partition coefficient (Wildman–Crippen LogP) is 2.64. The van der Waals surface area contributed by atoms with Crippen LogP contribution in [-0.4, -0.2) is 22.8 Å². The third-order valence-corrected chi connectivity index (χ3v) is 3.79. The van der Waals surface area contributed by atoms with Crippen molar-refractivity contribution in [2.24, 2.45) is 0 Å². The lowest BCUT2D eigenvalue weighted by Crippen LogP contribution is -2.21. The quantitative estimate of drug-likeness (QED) is 0.910. The van der Waals surface area contributed by atoms with Crippen molar-refractivity contribution >= 4 is 17.0 Å². The molecule has 1 aliphatic carbocycles. The van der Waals surface area contributed by atoms with Gasteiger partial charge in [0.1, 0.15) is 11.3 Å². The van der Waals surface area contributed by atoms with Crippen LogP contribution in [0.1, 0.15) is 25.3 Å². The molecule has 0 amide bonds. The number of halogens is 2. The van der Waals surface area contributed by atoms with E-state index in [-0.39, 0.29) is 23.6 Å². The fraction of sp³-hybridized carbons (Fsp3) is 0.462. The first-order valence-electron chi connectivity index (χ1n) is 6.27. The molecule has 102 valence electrons. The van der Waals surface area contributed by atoms with Crippen molar-refractivity contribution < 1.29 is 13.5 Å². The van der Waals surface area contributed by atoms with E-state index < -0.39 is 11.6 Å². The molecule has 6 heteroatoms. The Morgan fingerprint density at radius 2 is 2.16 bits per heavy atom. The smallest absolute Gasteiger partial charge is 0.201 e. The Hall–Kier alpha value is -1.69. The van der Waals surface area contributed by atoms with Gasteiger partial charge in [0.25, 0.3) is 0 Å². The van der Waals surface area contributed by atoms with Crippen molar-refractivity contribution in [1.29, 1.82) is 0 Å². The summed E-state index contributed by atoms with van der Waals surface area (Å²) in [5.74, 6) is -1.11. The Morgan fingerprint density at radius 3 is 2.89 bits per heavy atom. The molecule has 2 N–H and O–H groups in total. The van der Waals surface area contributed by atoms with Crippen molar-refractivity contribution in [3.05, 3.63) is 23.8 Å². The van der Waals surface area contributed by atoms with Crippen molar-refractivity contribution in [1.82, 2.24) is 9.55 Å².